The molecule has 2 aromatic carbocycles. The predicted octanol–water partition coefficient (Wildman–Crippen LogP) is 5.01. The predicted molar refractivity (Wildman–Crippen MR) is 123 cm³/mol. The van der Waals surface area contributed by atoms with Crippen molar-refractivity contribution in [1.29, 1.82) is 0 Å². The minimum atomic E-state index is -0.0994. The molecule has 0 aliphatic carbocycles. The number of rotatable bonds is 6. The lowest BCUT2D eigenvalue weighted by Gasteiger charge is -2.30. The first-order valence-corrected chi connectivity index (χ1v) is 11.3. The summed E-state index contributed by atoms with van der Waals surface area (Å²) in [6, 6.07) is 9.20. The Bertz CT molecular complexity index is 1290. The second-order valence-electron chi connectivity index (χ2n) is 7.86. The molecule has 1 N–H and O–H groups in total. The van der Waals surface area contributed by atoms with E-state index in [0.717, 1.165) is 18.7 Å². The van der Waals surface area contributed by atoms with Gasteiger partial charge in [-0.05, 0) is 53.3 Å². The number of methoxy groups -OCH3 is 2. The average Bonchev–Trinajstić information content (AvgIpc) is 3.50. The number of phenols is 1. The molecule has 2 aromatic heterocycles. The summed E-state index contributed by atoms with van der Waals surface area (Å²) >= 11 is 1.48. The van der Waals surface area contributed by atoms with Gasteiger partial charge in [0.25, 0.3) is 0 Å². The number of phenolic OH excluding ortho intramolecular Hbond substituents is 1. The summed E-state index contributed by atoms with van der Waals surface area (Å²) in [5, 5.41) is 15.1. The third-order valence-electron chi connectivity index (χ3n) is 6.03. The lowest BCUT2D eigenvalue weighted by atomic mass is 9.96. The molecule has 164 valence electrons. The van der Waals surface area contributed by atoms with Gasteiger partial charge in [0.15, 0.2) is 17.3 Å². The van der Waals surface area contributed by atoms with Gasteiger partial charge in [-0.3, -0.25) is 9.69 Å². The van der Waals surface area contributed by atoms with Gasteiger partial charge in [-0.2, -0.15) is 11.3 Å². The van der Waals surface area contributed by atoms with E-state index < -0.39 is 0 Å². The number of ether oxygens (including phenoxy) is 2. The number of nitrogens with zero attached hydrogens (tertiary/aromatic N) is 1. The van der Waals surface area contributed by atoms with E-state index in [4.69, 9.17) is 13.9 Å². The largest absolute Gasteiger partial charge is 0.508 e. The van der Waals surface area contributed by atoms with Gasteiger partial charge in [0.2, 0.25) is 0 Å². The Balaban J connectivity index is 1.49. The van der Waals surface area contributed by atoms with E-state index in [2.05, 4.69) is 4.90 Å². The molecule has 0 bridgehead atoms. The van der Waals surface area contributed by atoms with Crippen LogP contribution in [-0.2, 0) is 19.5 Å². The Labute approximate surface area is 189 Å². The van der Waals surface area contributed by atoms with Crippen LogP contribution in [0, 0.1) is 0 Å². The zero-order valence-electron chi connectivity index (χ0n) is 17.9. The Morgan fingerprint density at radius 1 is 1.16 bits per heavy atom. The Kier molecular flexibility index (Phi) is 5.36. The monoisotopic (exact) mass is 449 g/mol. The summed E-state index contributed by atoms with van der Waals surface area (Å²) < 4.78 is 16.6. The van der Waals surface area contributed by atoms with Crippen molar-refractivity contribution < 1.29 is 23.8 Å². The lowest BCUT2D eigenvalue weighted by molar-refractivity contribution is 0.104. The van der Waals surface area contributed by atoms with Crippen LogP contribution in [0.15, 0.2) is 51.8 Å². The first-order valence-electron chi connectivity index (χ1n) is 10.3. The van der Waals surface area contributed by atoms with Crippen molar-refractivity contribution >= 4 is 28.1 Å². The Hall–Kier alpha value is -3.29. The van der Waals surface area contributed by atoms with Crippen LogP contribution in [0.4, 0.5) is 0 Å². The van der Waals surface area contributed by atoms with Crippen LogP contribution in [-0.4, -0.2) is 36.6 Å². The summed E-state index contributed by atoms with van der Waals surface area (Å²) in [6.07, 6.45) is 2.36. The molecule has 0 amide bonds. The van der Waals surface area contributed by atoms with Crippen LogP contribution >= 0.6 is 11.3 Å². The molecule has 0 radical (unpaired) electrons. The van der Waals surface area contributed by atoms with Crippen molar-refractivity contribution in [2.24, 2.45) is 0 Å². The molecule has 0 saturated heterocycles. The maximum Gasteiger partial charge on any atom is 0.197 e. The summed E-state index contributed by atoms with van der Waals surface area (Å²) in [5.41, 5.74) is 4.81. The highest BCUT2D eigenvalue weighted by Crippen LogP contribution is 2.37. The fourth-order valence-corrected chi connectivity index (χ4v) is 5.00. The molecule has 0 saturated carbocycles. The second kappa shape index (κ2) is 8.33. The molecule has 6 nitrogen and oxygen atoms in total. The minimum Gasteiger partial charge on any atom is -0.508 e. The molecule has 0 atom stereocenters. The molecule has 32 heavy (non-hydrogen) atoms. The molecule has 0 spiro atoms. The van der Waals surface area contributed by atoms with Crippen molar-refractivity contribution in [2.45, 2.75) is 19.5 Å². The molecule has 0 fully saturated rings. The maximum absolute atomic E-state index is 13.1. The number of carbonyl (C=O) groups excluding carboxylic acids is 1. The molecule has 1 aliphatic rings. The molecule has 3 heterocycles. The molecule has 1 aliphatic heterocycles. The number of ketones is 1. The van der Waals surface area contributed by atoms with Crippen LogP contribution in [0.1, 0.15) is 32.6 Å². The fourth-order valence-electron chi connectivity index (χ4n) is 4.37. The smallest absolute Gasteiger partial charge is 0.197 e. The van der Waals surface area contributed by atoms with Crippen LogP contribution in [0.5, 0.6) is 17.2 Å². The zero-order valence-corrected chi connectivity index (χ0v) is 18.7. The van der Waals surface area contributed by atoms with E-state index in [-0.39, 0.29) is 11.5 Å². The van der Waals surface area contributed by atoms with Crippen molar-refractivity contribution in [3.63, 3.8) is 0 Å². The summed E-state index contributed by atoms with van der Waals surface area (Å²) in [6.45, 7) is 2.03. The van der Waals surface area contributed by atoms with Gasteiger partial charge in [0.05, 0.1) is 19.8 Å². The number of thiophene rings is 1. The van der Waals surface area contributed by atoms with Crippen LogP contribution in [0.3, 0.4) is 0 Å². The topological polar surface area (TPSA) is 72.1 Å². The van der Waals surface area contributed by atoms with Crippen molar-refractivity contribution in [1.82, 2.24) is 4.90 Å². The SMILES string of the molecule is COc1cc2c(cc1OC)CN(Cc1c(O)ccc3occ(C(=O)c4ccsc4)c13)CC2. The molecule has 7 heteroatoms. The fraction of sp³-hybridized carbons (Fsp3) is 0.240. The summed E-state index contributed by atoms with van der Waals surface area (Å²) in [5.74, 6) is 1.50. The van der Waals surface area contributed by atoms with E-state index in [0.29, 0.717) is 46.5 Å². The van der Waals surface area contributed by atoms with Crippen molar-refractivity contribution in [2.75, 3.05) is 20.8 Å². The Morgan fingerprint density at radius 2 is 1.94 bits per heavy atom. The second-order valence-corrected chi connectivity index (χ2v) is 8.64. The van der Waals surface area contributed by atoms with E-state index in [1.54, 1.807) is 32.4 Å². The third-order valence-corrected chi connectivity index (χ3v) is 6.71. The van der Waals surface area contributed by atoms with Gasteiger partial charge in [0.1, 0.15) is 17.6 Å². The van der Waals surface area contributed by atoms with Gasteiger partial charge >= 0.3 is 0 Å². The molecular weight excluding hydrogens is 426 g/mol. The number of furan rings is 1. The summed E-state index contributed by atoms with van der Waals surface area (Å²) in [7, 11) is 3.28. The van der Waals surface area contributed by atoms with Crippen LogP contribution < -0.4 is 9.47 Å². The number of fused-ring (bicyclic) bond motifs is 2. The molecular formula is C25H23NO5S. The minimum absolute atomic E-state index is 0.0994. The maximum atomic E-state index is 13.1. The van der Waals surface area contributed by atoms with Crippen LogP contribution in [0.25, 0.3) is 11.0 Å². The standard InChI is InChI=1S/C25H23NO5S/c1-29-22-9-15-5-7-26(11-17(15)10-23(22)30-2)12-18-20(27)3-4-21-24(18)19(13-31-21)25(28)16-6-8-32-14-16/h3-4,6,8-10,13-14,27H,5,7,11-12H2,1-2H3. The number of aromatic hydroxyl groups is 1. The van der Waals surface area contributed by atoms with E-state index in [1.165, 1.54) is 28.7 Å². The molecule has 4 aromatic rings. The van der Waals surface area contributed by atoms with Gasteiger partial charge < -0.3 is 19.0 Å². The number of carbonyl (C=O) groups is 1. The van der Waals surface area contributed by atoms with Gasteiger partial charge in [-0.25, -0.2) is 0 Å². The van der Waals surface area contributed by atoms with Crippen molar-refractivity contribution in [3.05, 3.63) is 75.2 Å². The van der Waals surface area contributed by atoms with Crippen LogP contribution in [0.2, 0.25) is 0 Å². The highest BCUT2D eigenvalue weighted by atomic mass is 32.1. The van der Waals surface area contributed by atoms with E-state index >= 15 is 0 Å². The van der Waals surface area contributed by atoms with Gasteiger partial charge in [0, 0.05) is 41.5 Å². The highest BCUT2D eigenvalue weighted by Gasteiger charge is 2.24. The number of hydrogen-bond donors (Lipinski definition) is 1. The number of benzene rings is 2. The average molecular weight is 450 g/mol. The highest BCUT2D eigenvalue weighted by molar-refractivity contribution is 7.08. The summed E-state index contributed by atoms with van der Waals surface area (Å²) in [4.78, 5) is 15.3. The van der Waals surface area contributed by atoms with E-state index in [1.807, 2.05) is 22.9 Å². The lowest BCUT2D eigenvalue weighted by Crippen LogP contribution is -2.30. The van der Waals surface area contributed by atoms with E-state index in [9.17, 15) is 9.90 Å². The normalized spacial score (nSPS) is 13.8. The first kappa shape index (κ1) is 20.6. The van der Waals surface area contributed by atoms with Gasteiger partial charge in [-0.15, -0.1) is 0 Å². The van der Waals surface area contributed by atoms with Gasteiger partial charge in [-0.1, -0.05) is 0 Å². The Morgan fingerprint density at radius 3 is 2.66 bits per heavy atom. The third kappa shape index (κ3) is 3.53. The quantitative estimate of drug-likeness (QED) is 0.418. The molecule has 5 rings (SSSR count). The molecule has 0 unspecified atom stereocenters. The van der Waals surface area contributed by atoms with Crippen molar-refractivity contribution in [3.8, 4) is 17.2 Å². The first-order chi connectivity index (χ1) is 15.6. The number of hydrogen-bond acceptors (Lipinski definition) is 7. The zero-order chi connectivity index (χ0) is 22.2.